The molecular formula is C9H10N6. The normalized spacial score (nSPS) is 9.87. The fourth-order valence-electron chi connectivity index (χ4n) is 1.09. The van der Waals surface area contributed by atoms with Gasteiger partial charge in [-0.1, -0.05) is 0 Å². The van der Waals surface area contributed by atoms with Gasteiger partial charge in [0.15, 0.2) is 5.82 Å². The van der Waals surface area contributed by atoms with E-state index in [0.29, 0.717) is 18.1 Å². The molecule has 15 heavy (non-hydrogen) atoms. The third kappa shape index (κ3) is 2.37. The number of hydrogen-bond donors (Lipinski definition) is 2. The lowest BCUT2D eigenvalue weighted by Crippen LogP contribution is -2.06. The average molecular weight is 202 g/mol. The van der Waals surface area contributed by atoms with E-state index in [1.807, 2.05) is 12.1 Å². The van der Waals surface area contributed by atoms with Crippen molar-refractivity contribution in [3.05, 3.63) is 36.5 Å². The van der Waals surface area contributed by atoms with Crippen molar-refractivity contribution in [1.29, 1.82) is 0 Å². The SMILES string of the molecule is Nc1cncnc1NCc1cccnn1. The van der Waals surface area contributed by atoms with Gasteiger partial charge in [-0.2, -0.15) is 10.2 Å². The smallest absolute Gasteiger partial charge is 0.152 e. The maximum atomic E-state index is 5.66. The molecule has 2 aromatic heterocycles. The van der Waals surface area contributed by atoms with Crippen LogP contribution in [0.2, 0.25) is 0 Å². The van der Waals surface area contributed by atoms with Crippen molar-refractivity contribution in [3.8, 4) is 0 Å². The summed E-state index contributed by atoms with van der Waals surface area (Å²) in [7, 11) is 0. The summed E-state index contributed by atoms with van der Waals surface area (Å²) in [4.78, 5) is 7.79. The molecular weight excluding hydrogens is 192 g/mol. The van der Waals surface area contributed by atoms with Crippen LogP contribution in [0.4, 0.5) is 11.5 Å². The van der Waals surface area contributed by atoms with E-state index in [2.05, 4.69) is 25.5 Å². The first-order chi connectivity index (χ1) is 7.36. The minimum Gasteiger partial charge on any atom is -0.394 e. The van der Waals surface area contributed by atoms with Crippen molar-refractivity contribution in [2.45, 2.75) is 6.54 Å². The molecule has 0 unspecified atom stereocenters. The molecule has 0 aliphatic rings. The summed E-state index contributed by atoms with van der Waals surface area (Å²) in [5.41, 5.74) is 7.01. The highest BCUT2D eigenvalue weighted by molar-refractivity contribution is 5.58. The Balaban J connectivity index is 2.03. The molecule has 6 nitrogen and oxygen atoms in total. The molecule has 6 heteroatoms. The molecule has 2 aromatic rings. The molecule has 0 aromatic carbocycles. The molecule has 0 aliphatic carbocycles. The van der Waals surface area contributed by atoms with Crippen molar-refractivity contribution in [2.24, 2.45) is 0 Å². The van der Waals surface area contributed by atoms with Crippen LogP contribution in [0.1, 0.15) is 5.69 Å². The van der Waals surface area contributed by atoms with Crippen LogP contribution >= 0.6 is 0 Å². The molecule has 0 saturated heterocycles. The van der Waals surface area contributed by atoms with E-state index in [4.69, 9.17) is 5.73 Å². The van der Waals surface area contributed by atoms with Gasteiger partial charge in [-0.3, -0.25) is 0 Å². The second-order valence-corrected chi connectivity index (χ2v) is 2.90. The van der Waals surface area contributed by atoms with E-state index < -0.39 is 0 Å². The highest BCUT2D eigenvalue weighted by atomic mass is 15.1. The summed E-state index contributed by atoms with van der Waals surface area (Å²) in [6.07, 6.45) is 4.61. The molecule has 76 valence electrons. The van der Waals surface area contributed by atoms with E-state index in [1.165, 1.54) is 6.33 Å². The average Bonchev–Trinajstić information content (AvgIpc) is 2.29. The van der Waals surface area contributed by atoms with Crippen LogP contribution in [0.15, 0.2) is 30.9 Å². The first-order valence-electron chi connectivity index (χ1n) is 4.42. The van der Waals surface area contributed by atoms with Crippen LogP contribution in [-0.4, -0.2) is 20.2 Å². The zero-order chi connectivity index (χ0) is 10.5. The summed E-state index contributed by atoms with van der Waals surface area (Å²) in [5, 5.41) is 10.7. The Morgan fingerprint density at radius 2 is 2.33 bits per heavy atom. The summed E-state index contributed by atoms with van der Waals surface area (Å²) in [5.74, 6) is 0.607. The van der Waals surface area contributed by atoms with Crippen molar-refractivity contribution in [1.82, 2.24) is 20.2 Å². The Labute approximate surface area is 86.6 Å². The van der Waals surface area contributed by atoms with Gasteiger partial charge in [0, 0.05) is 6.20 Å². The van der Waals surface area contributed by atoms with E-state index in [9.17, 15) is 0 Å². The van der Waals surface area contributed by atoms with Crippen LogP contribution in [0.3, 0.4) is 0 Å². The van der Waals surface area contributed by atoms with Crippen LogP contribution < -0.4 is 11.1 Å². The van der Waals surface area contributed by atoms with Crippen molar-refractivity contribution >= 4 is 11.5 Å². The van der Waals surface area contributed by atoms with E-state index in [1.54, 1.807) is 12.4 Å². The standard InChI is InChI=1S/C9H10N6/c10-8-5-11-6-13-9(8)12-4-7-2-1-3-14-15-7/h1-3,5-6H,4,10H2,(H,11,12,13). The zero-order valence-electron chi connectivity index (χ0n) is 7.96. The molecule has 2 rings (SSSR count). The van der Waals surface area contributed by atoms with E-state index in [-0.39, 0.29) is 0 Å². The monoisotopic (exact) mass is 202 g/mol. The van der Waals surface area contributed by atoms with Gasteiger partial charge < -0.3 is 11.1 Å². The molecule has 0 atom stereocenters. The Bertz CT molecular complexity index is 430. The molecule has 2 heterocycles. The lowest BCUT2D eigenvalue weighted by atomic mass is 10.4. The fraction of sp³-hybridized carbons (Fsp3) is 0.111. The minimum absolute atomic E-state index is 0.515. The van der Waals surface area contributed by atoms with Crippen molar-refractivity contribution < 1.29 is 0 Å². The third-order valence-corrected chi connectivity index (χ3v) is 1.81. The van der Waals surface area contributed by atoms with Gasteiger partial charge in [-0.25, -0.2) is 9.97 Å². The maximum absolute atomic E-state index is 5.66. The predicted molar refractivity (Wildman–Crippen MR) is 55.8 cm³/mol. The summed E-state index contributed by atoms with van der Waals surface area (Å²) in [6, 6.07) is 3.70. The van der Waals surface area contributed by atoms with Crippen LogP contribution in [-0.2, 0) is 6.54 Å². The fourth-order valence-corrected chi connectivity index (χ4v) is 1.09. The molecule has 0 fully saturated rings. The van der Waals surface area contributed by atoms with Gasteiger partial charge in [0.1, 0.15) is 6.33 Å². The summed E-state index contributed by atoms with van der Waals surface area (Å²) < 4.78 is 0. The number of nitrogens with zero attached hydrogens (tertiary/aromatic N) is 4. The summed E-state index contributed by atoms with van der Waals surface area (Å²) >= 11 is 0. The molecule has 0 saturated carbocycles. The number of nitrogens with one attached hydrogen (secondary N) is 1. The first kappa shape index (κ1) is 9.32. The Hall–Kier alpha value is -2.24. The Morgan fingerprint density at radius 3 is 3.07 bits per heavy atom. The Morgan fingerprint density at radius 1 is 1.40 bits per heavy atom. The summed E-state index contributed by atoms with van der Waals surface area (Å²) in [6.45, 7) is 0.537. The van der Waals surface area contributed by atoms with Crippen LogP contribution in [0.5, 0.6) is 0 Å². The molecule has 0 bridgehead atoms. The molecule has 0 radical (unpaired) electrons. The number of rotatable bonds is 3. The second kappa shape index (κ2) is 4.32. The topological polar surface area (TPSA) is 89.6 Å². The zero-order valence-corrected chi connectivity index (χ0v) is 7.96. The largest absolute Gasteiger partial charge is 0.394 e. The maximum Gasteiger partial charge on any atom is 0.152 e. The predicted octanol–water partition coefficient (Wildman–Crippen LogP) is 0.461. The van der Waals surface area contributed by atoms with E-state index >= 15 is 0 Å². The number of nitrogens with two attached hydrogens (primary N) is 1. The Kier molecular flexibility index (Phi) is 2.68. The van der Waals surface area contributed by atoms with Gasteiger partial charge in [0.25, 0.3) is 0 Å². The van der Waals surface area contributed by atoms with Gasteiger partial charge >= 0.3 is 0 Å². The molecule has 0 amide bonds. The molecule has 0 aliphatic heterocycles. The number of hydrogen-bond acceptors (Lipinski definition) is 6. The van der Waals surface area contributed by atoms with Gasteiger partial charge in [0.2, 0.25) is 0 Å². The third-order valence-electron chi connectivity index (χ3n) is 1.81. The molecule has 0 spiro atoms. The van der Waals surface area contributed by atoms with Crippen LogP contribution in [0, 0.1) is 0 Å². The lowest BCUT2D eigenvalue weighted by Gasteiger charge is -2.05. The van der Waals surface area contributed by atoms with Gasteiger partial charge in [-0.05, 0) is 12.1 Å². The van der Waals surface area contributed by atoms with Crippen molar-refractivity contribution in [2.75, 3.05) is 11.1 Å². The minimum atomic E-state index is 0.515. The van der Waals surface area contributed by atoms with Gasteiger partial charge in [0.05, 0.1) is 24.1 Å². The van der Waals surface area contributed by atoms with Gasteiger partial charge in [-0.15, -0.1) is 0 Å². The number of nitrogen functional groups attached to an aromatic ring is 1. The quantitative estimate of drug-likeness (QED) is 0.751. The highest BCUT2D eigenvalue weighted by Crippen LogP contribution is 2.11. The lowest BCUT2D eigenvalue weighted by molar-refractivity contribution is 0.919. The second-order valence-electron chi connectivity index (χ2n) is 2.90. The van der Waals surface area contributed by atoms with Crippen molar-refractivity contribution in [3.63, 3.8) is 0 Å². The number of aromatic nitrogens is 4. The first-order valence-corrected chi connectivity index (χ1v) is 4.42. The highest BCUT2D eigenvalue weighted by Gasteiger charge is 1.99. The van der Waals surface area contributed by atoms with Crippen LogP contribution in [0.25, 0.3) is 0 Å². The number of anilines is 2. The molecule has 3 N–H and O–H groups in total. The van der Waals surface area contributed by atoms with E-state index in [0.717, 1.165) is 5.69 Å².